The molecule has 110 valence electrons. The number of thiophene rings is 3. The zero-order valence-electron chi connectivity index (χ0n) is 12.0. The molecule has 0 aliphatic carbocycles. The lowest BCUT2D eigenvalue weighted by Gasteiger charge is -2.16. The van der Waals surface area contributed by atoms with Gasteiger partial charge in [-0.25, -0.2) is 0 Å². The van der Waals surface area contributed by atoms with Gasteiger partial charge >= 0.3 is 0 Å². The van der Waals surface area contributed by atoms with Gasteiger partial charge in [-0.05, 0) is 41.4 Å². The molecule has 0 aromatic carbocycles. The summed E-state index contributed by atoms with van der Waals surface area (Å²) in [5.41, 5.74) is 0. The monoisotopic (exact) mass is 333 g/mol. The average molecular weight is 334 g/mol. The summed E-state index contributed by atoms with van der Waals surface area (Å²) in [5.74, 6) is 0. The Labute approximate surface area is 138 Å². The topological polar surface area (TPSA) is 12.0 Å². The number of rotatable bonds is 7. The van der Waals surface area contributed by atoms with Crippen LogP contribution in [0.3, 0.4) is 0 Å². The third-order valence-corrected chi connectivity index (χ3v) is 6.57. The molecule has 1 unspecified atom stereocenters. The molecule has 1 atom stereocenters. The number of hydrogen-bond donors (Lipinski definition) is 1. The van der Waals surface area contributed by atoms with Crippen molar-refractivity contribution in [1.82, 2.24) is 5.32 Å². The lowest BCUT2D eigenvalue weighted by atomic mass is 10.1. The highest BCUT2D eigenvalue weighted by Gasteiger charge is 2.14. The van der Waals surface area contributed by atoms with Crippen LogP contribution >= 0.6 is 34.0 Å². The molecule has 0 saturated heterocycles. The minimum atomic E-state index is 0.413. The van der Waals surface area contributed by atoms with Gasteiger partial charge in [0, 0.05) is 38.5 Å². The number of aryl methyl sites for hydroxylation is 1. The van der Waals surface area contributed by atoms with Gasteiger partial charge in [-0.3, -0.25) is 0 Å². The molecule has 0 radical (unpaired) electrons. The van der Waals surface area contributed by atoms with Crippen LogP contribution in [-0.2, 0) is 19.4 Å². The largest absolute Gasteiger partial charge is 0.304 e. The fourth-order valence-corrected chi connectivity index (χ4v) is 4.79. The van der Waals surface area contributed by atoms with Crippen molar-refractivity contribution in [2.45, 2.75) is 32.4 Å². The molecule has 4 heteroatoms. The summed E-state index contributed by atoms with van der Waals surface area (Å²) in [6.45, 7) is 3.17. The van der Waals surface area contributed by atoms with Gasteiger partial charge in [-0.2, -0.15) is 0 Å². The van der Waals surface area contributed by atoms with Crippen molar-refractivity contribution in [2.75, 3.05) is 0 Å². The summed E-state index contributed by atoms with van der Waals surface area (Å²) >= 11 is 5.61. The molecule has 3 rings (SSSR count). The Morgan fingerprint density at radius 3 is 2.43 bits per heavy atom. The minimum absolute atomic E-state index is 0.413. The molecule has 0 saturated carbocycles. The molecule has 0 bridgehead atoms. The standard InChI is InChI=1S/C17H19NS3/c1-2-13-7-8-15(21-13)12-18-16(17-6-4-10-20-17)11-14-5-3-9-19-14/h3-10,16,18H,2,11-12H2,1H3. The van der Waals surface area contributed by atoms with Crippen LogP contribution in [0.4, 0.5) is 0 Å². The second-order valence-electron chi connectivity index (χ2n) is 4.95. The van der Waals surface area contributed by atoms with Gasteiger partial charge in [-0.1, -0.05) is 19.1 Å². The molecule has 0 fully saturated rings. The summed E-state index contributed by atoms with van der Waals surface area (Å²) in [6.07, 6.45) is 2.21. The quantitative estimate of drug-likeness (QED) is 0.601. The normalized spacial score (nSPS) is 12.6. The van der Waals surface area contributed by atoms with Crippen molar-refractivity contribution in [3.63, 3.8) is 0 Å². The van der Waals surface area contributed by atoms with E-state index < -0.39 is 0 Å². The van der Waals surface area contributed by atoms with E-state index in [1.807, 2.05) is 34.0 Å². The van der Waals surface area contributed by atoms with Gasteiger partial charge in [0.2, 0.25) is 0 Å². The molecule has 1 N–H and O–H groups in total. The van der Waals surface area contributed by atoms with Crippen LogP contribution < -0.4 is 5.32 Å². The maximum atomic E-state index is 3.74. The van der Waals surface area contributed by atoms with Crippen molar-refractivity contribution in [3.05, 3.63) is 66.7 Å². The Kier molecular flexibility index (Phi) is 5.25. The SMILES string of the molecule is CCc1ccc(CNC(Cc2cccs2)c2cccs2)s1. The lowest BCUT2D eigenvalue weighted by Crippen LogP contribution is -2.21. The van der Waals surface area contributed by atoms with E-state index in [1.165, 1.54) is 19.5 Å². The average Bonchev–Trinajstić information content (AvgIpc) is 3.24. The van der Waals surface area contributed by atoms with Gasteiger partial charge in [0.15, 0.2) is 0 Å². The zero-order valence-corrected chi connectivity index (χ0v) is 14.5. The van der Waals surface area contributed by atoms with Gasteiger partial charge in [-0.15, -0.1) is 34.0 Å². The summed E-state index contributed by atoms with van der Waals surface area (Å²) in [6, 6.07) is 13.7. The van der Waals surface area contributed by atoms with Crippen molar-refractivity contribution in [1.29, 1.82) is 0 Å². The molecule has 21 heavy (non-hydrogen) atoms. The van der Waals surface area contributed by atoms with Crippen LogP contribution in [0.15, 0.2) is 47.2 Å². The first-order chi connectivity index (χ1) is 10.3. The van der Waals surface area contributed by atoms with E-state index in [4.69, 9.17) is 0 Å². The van der Waals surface area contributed by atoms with Crippen molar-refractivity contribution >= 4 is 34.0 Å². The summed E-state index contributed by atoms with van der Waals surface area (Å²) in [4.78, 5) is 5.77. The van der Waals surface area contributed by atoms with Gasteiger partial charge in [0.1, 0.15) is 0 Å². The molecule has 3 aromatic heterocycles. The fourth-order valence-electron chi connectivity index (χ4n) is 2.32. The maximum Gasteiger partial charge on any atom is 0.0466 e. The van der Waals surface area contributed by atoms with E-state index in [-0.39, 0.29) is 0 Å². The van der Waals surface area contributed by atoms with Crippen molar-refractivity contribution in [2.24, 2.45) is 0 Å². The van der Waals surface area contributed by atoms with E-state index in [1.54, 1.807) is 0 Å². The van der Waals surface area contributed by atoms with Crippen LogP contribution in [-0.4, -0.2) is 0 Å². The Morgan fingerprint density at radius 2 is 1.76 bits per heavy atom. The molecule has 0 aliphatic rings. The van der Waals surface area contributed by atoms with E-state index >= 15 is 0 Å². The number of hydrogen-bond acceptors (Lipinski definition) is 4. The Balaban J connectivity index is 1.67. The van der Waals surface area contributed by atoms with E-state index in [0.717, 1.165) is 19.4 Å². The Hall–Kier alpha value is -0.940. The van der Waals surface area contributed by atoms with E-state index in [2.05, 4.69) is 59.4 Å². The van der Waals surface area contributed by atoms with Crippen LogP contribution in [0.1, 0.15) is 32.5 Å². The zero-order chi connectivity index (χ0) is 14.5. The molecule has 0 aliphatic heterocycles. The third-order valence-electron chi connectivity index (χ3n) is 3.46. The summed E-state index contributed by atoms with van der Waals surface area (Å²) in [5, 5.41) is 8.07. The Morgan fingerprint density at radius 1 is 0.952 bits per heavy atom. The van der Waals surface area contributed by atoms with E-state index in [9.17, 15) is 0 Å². The predicted molar refractivity (Wildman–Crippen MR) is 95.6 cm³/mol. The summed E-state index contributed by atoms with van der Waals surface area (Å²) < 4.78 is 0. The van der Waals surface area contributed by atoms with Crippen LogP contribution in [0.5, 0.6) is 0 Å². The van der Waals surface area contributed by atoms with Crippen molar-refractivity contribution < 1.29 is 0 Å². The van der Waals surface area contributed by atoms with Crippen LogP contribution in [0.2, 0.25) is 0 Å². The summed E-state index contributed by atoms with van der Waals surface area (Å²) in [7, 11) is 0. The Bertz CT molecular complexity index is 637. The lowest BCUT2D eigenvalue weighted by molar-refractivity contribution is 0.545. The first-order valence-corrected chi connectivity index (χ1v) is 9.79. The molecular weight excluding hydrogens is 314 g/mol. The van der Waals surface area contributed by atoms with Gasteiger partial charge in [0.25, 0.3) is 0 Å². The number of nitrogens with one attached hydrogen (secondary N) is 1. The van der Waals surface area contributed by atoms with Crippen LogP contribution in [0.25, 0.3) is 0 Å². The second-order valence-corrected chi connectivity index (χ2v) is 8.22. The molecule has 3 aromatic rings. The smallest absolute Gasteiger partial charge is 0.0466 e. The molecule has 0 amide bonds. The molecule has 1 nitrogen and oxygen atoms in total. The van der Waals surface area contributed by atoms with E-state index in [0.29, 0.717) is 6.04 Å². The molecule has 3 heterocycles. The first-order valence-electron chi connectivity index (χ1n) is 7.22. The van der Waals surface area contributed by atoms with Gasteiger partial charge < -0.3 is 5.32 Å². The third kappa shape index (κ3) is 4.04. The highest BCUT2D eigenvalue weighted by atomic mass is 32.1. The second kappa shape index (κ2) is 7.36. The molecular formula is C17H19NS3. The maximum absolute atomic E-state index is 3.74. The molecule has 0 spiro atoms. The van der Waals surface area contributed by atoms with Crippen molar-refractivity contribution in [3.8, 4) is 0 Å². The minimum Gasteiger partial charge on any atom is -0.304 e. The predicted octanol–water partition coefficient (Wildman–Crippen LogP) is 5.51. The highest BCUT2D eigenvalue weighted by molar-refractivity contribution is 7.12. The first kappa shape index (κ1) is 15.0. The highest BCUT2D eigenvalue weighted by Crippen LogP contribution is 2.26. The van der Waals surface area contributed by atoms with Gasteiger partial charge in [0.05, 0.1) is 0 Å². The fraction of sp³-hybridized carbons (Fsp3) is 0.294. The van der Waals surface area contributed by atoms with Crippen LogP contribution in [0, 0.1) is 0 Å².